The summed E-state index contributed by atoms with van der Waals surface area (Å²) in [7, 11) is 0. The van der Waals surface area contributed by atoms with Crippen LogP contribution in [0.5, 0.6) is 23.0 Å². The Balaban J connectivity index is 1.28. The molecule has 57 heavy (non-hydrogen) atoms. The van der Waals surface area contributed by atoms with Crippen LogP contribution in [0.25, 0.3) is 22.3 Å². The van der Waals surface area contributed by atoms with Gasteiger partial charge < -0.3 is 99.2 Å². The van der Waals surface area contributed by atoms with E-state index in [2.05, 4.69) is 0 Å². The average molecular weight is 815 g/mol. The molecule has 0 aliphatic carbocycles. The maximum atomic E-state index is 13.1. The SMILES string of the molecule is O=C(O)C1O[C@@H](OC2[C@H](Oc3cc(O)c4c(=O)cc(-c5ccc(O[C@@H]6O[C@@H](C(=O)O)[C@@H](O)C(O)C6O)c(O)c5)oc4c3)OC(C(=O)O)[C@@H](O)[C@@H]2O)C(O)[C@@H](O)[C@@H]1O. The molecule has 0 bridgehead atoms. The number of aliphatic hydroxyl groups is 8. The predicted molar refractivity (Wildman–Crippen MR) is 174 cm³/mol. The second-order valence-corrected chi connectivity index (χ2v) is 13.0. The zero-order chi connectivity index (χ0) is 41.8. The second kappa shape index (κ2) is 16.0. The smallest absolute Gasteiger partial charge is 0.335 e. The number of carboxylic acids is 3. The van der Waals surface area contributed by atoms with Crippen molar-refractivity contribution in [2.45, 2.75) is 92.1 Å². The van der Waals surface area contributed by atoms with Crippen LogP contribution in [-0.2, 0) is 33.3 Å². The van der Waals surface area contributed by atoms with E-state index in [1.165, 1.54) is 6.07 Å². The van der Waals surface area contributed by atoms with Gasteiger partial charge in [-0.2, -0.15) is 0 Å². The molecule has 2 aromatic carbocycles. The van der Waals surface area contributed by atoms with Crippen molar-refractivity contribution in [1.82, 2.24) is 0 Å². The van der Waals surface area contributed by atoms with Gasteiger partial charge in [-0.3, -0.25) is 4.79 Å². The highest BCUT2D eigenvalue weighted by atomic mass is 16.8. The lowest BCUT2D eigenvalue weighted by atomic mass is 9.97. The van der Waals surface area contributed by atoms with E-state index in [0.29, 0.717) is 0 Å². The number of phenolic OH excluding ortho intramolecular Hbond substituents is 2. The molecule has 3 fully saturated rings. The Morgan fingerprint density at radius 3 is 1.65 bits per heavy atom. The van der Waals surface area contributed by atoms with Crippen molar-refractivity contribution in [1.29, 1.82) is 0 Å². The molecule has 3 aromatic rings. The quantitative estimate of drug-likeness (QED) is 0.0914. The Morgan fingerprint density at radius 2 is 1.09 bits per heavy atom. The zero-order valence-electron chi connectivity index (χ0n) is 28.4. The molecule has 3 aliphatic heterocycles. The molecule has 3 aliphatic rings. The third kappa shape index (κ3) is 7.89. The molecule has 0 amide bonds. The molecule has 0 spiro atoms. The summed E-state index contributed by atoms with van der Waals surface area (Å²) in [5, 5.41) is 131. The fourth-order valence-electron chi connectivity index (χ4n) is 6.23. The molecule has 3 saturated heterocycles. The first kappa shape index (κ1) is 41.4. The van der Waals surface area contributed by atoms with Crippen molar-refractivity contribution >= 4 is 28.9 Å². The number of carboxylic acid groups (broad SMARTS) is 3. The lowest BCUT2D eigenvalue weighted by Crippen LogP contribution is -2.66. The standard InChI is InChI=1S/C33H34O24/c34-9-3-7(1-2-12(9)53-31-22(43)16(37)18(39)24(54-31)28(45)46)13-6-11(36)15-10(35)4-8(5-14(15)52-13)51-33-27(21(42)20(41)26(56-33)30(49)50)57-32-23(44)17(38)19(40)25(55-32)29(47)48/h1-6,16-27,31-35,37-44H,(H,45,46)(H,47,48)(H,49,50)/t16?,17-,18-,19-,20-,21-,22?,23?,24+,25?,26?,27?,31+,32-,33+/m0/s1. The van der Waals surface area contributed by atoms with Gasteiger partial charge in [-0.05, 0) is 18.2 Å². The van der Waals surface area contributed by atoms with Gasteiger partial charge in [0.1, 0.15) is 77.1 Å². The predicted octanol–water partition coefficient (Wildman–Crippen LogP) is -4.67. The summed E-state index contributed by atoms with van der Waals surface area (Å²) < 4.78 is 37.7. The third-order valence-corrected chi connectivity index (χ3v) is 9.23. The Hall–Kier alpha value is -5.22. The van der Waals surface area contributed by atoms with Gasteiger partial charge in [0.25, 0.3) is 0 Å². The molecular formula is C33H34O24. The van der Waals surface area contributed by atoms with Gasteiger partial charge in [0.05, 0.1) is 0 Å². The van der Waals surface area contributed by atoms with Crippen molar-refractivity contribution in [2.24, 2.45) is 0 Å². The normalized spacial score (nSPS) is 35.7. The minimum absolute atomic E-state index is 0.0165. The Labute approximate surface area is 315 Å². The molecule has 1 aromatic heterocycles. The topological polar surface area (TPSA) is 400 Å². The van der Waals surface area contributed by atoms with Crippen LogP contribution in [-0.4, -0.2) is 176 Å². The number of fused-ring (bicyclic) bond motifs is 1. The van der Waals surface area contributed by atoms with Crippen molar-refractivity contribution in [3.05, 3.63) is 46.6 Å². The summed E-state index contributed by atoms with van der Waals surface area (Å²) in [6.45, 7) is 0. The van der Waals surface area contributed by atoms with Crippen LogP contribution in [0.15, 0.2) is 45.6 Å². The molecule has 24 heteroatoms. The van der Waals surface area contributed by atoms with Crippen LogP contribution in [0.2, 0.25) is 0 Å². The van der Waals surface area contributed by atoms with Crippen LogP contribution >= 0.6 is 0 Å². The van der Waals surface area contributed by atoms with E-state index in [-0.39, 0.29) is 11.3 Å². The molecule has 6 rings (SSSR count). The number of hydrogen-bond donors (Lipinski definition) is 13. The first-order valence-electron chi connectivity index (χ1n) is 16.5. The number of aliphatic carboxylic acids is 3. The van der Waals surface area contributed by atoms with Crippen molar-refractivity contribution in [3.8, 4) is 34.3 Å². The number of phenols is 2. The number of benzene rings is 2. The lowest BCUT2D eigenvalue weighted by molar-refractivity contribution is -0.350. The maximum absolute atomic E-state index is 13.1. The van der Waals surface area contributed by atoms with Crippen molar-refractivity contribution in [2.75, 3.05) is 0 Å². The van der Waals surface area contributed by atoms with E-state index in [9.17, 15) is 85.6 Å². The van der Waals surface area contributed by atoms with Crippen LogP contribution in [0, 0.1) is 0 Å². The van der Waals surface area contributed by atoms with Gasteiger partial charge in [-0.25, -0.2) is 14.4 Å². The largest absolute Gasteiger partial charge is 0.507 e. The maximum Gasteiger partial charge on any atom is 0.335 e. The van der Waals surface area contributed by atoms with Gasteiger partial charge in [-0.15, -0.1) is 0 Å². The summed E-state index contributed by atoms with van der Waals surface area (Å²) in [5.41, 5.74) is -1.27. The summed E-state index contributed by atoms with van der Waals surface area (Å²) in [5.74, 6) is -7.88. The minimum atomic E-state index is -2.24. The Morgan fingerprint density at radius 1 is 0.561 bits per heavy atom. The summed E-state index contributed by atoms with van der Waals surface area (Å²) >= 11 is 0. The number of hydrogen-bond acceptors (Lipinski definition) is 21. The van der Waals surface area contributed by atoms with Crippen LogP contribution in [0.4, 0.5) is 0 Å². The fraction of sp³-hybridized carbons (Fsp3) is 0.455. The third-order valence-electron chi connectivity index (χ3n) is 9.23. The van der Waals surface area contributed by atoms with E-state index >= 15 is 0 Å². The lowest BCUT2D eigenvalue weighted by Gasteiger charge is -2.44. The van der Waals surface area contributed by atoms with E-state index in [1.807, 2.05) is 0 Å². The fourth-order valence-corrected chi connectivity index (χ4v) is 6.23. The monoisotopic (exact) mass is 814 g/mol. The summed E-state index contributed by atoms with van der Waals surface area (Å²) in [6, 6.07) is 6.03. The van der Waals surface area contributed by atoms with E-state index < -0.39 is 149 Å². The first-order chi connectivity index (χ1) is 26.8. The molecule has 6 unspecified atom stereocenters. The highest BCUT2D eigenvalue weighted by molar-refractivity contribution is 5.86. The number of rotatable bonds is 10. The molecule has 24 nitrogen and oxygen atoms in total. The molecule has 15 atom stereocenters. The highest BCUT2D eigenvalue weighted by Gasteiger charge is 2.54. The van der Waals surface area contributed by atoms with Crippen molar-refractivity contribution in [3.63, 3.8) is 0 Å². The van der Waals surface area contributed by atoms with Crippen molar-refractivity contribution < 1.29 is 114 Å². The Bertz CT molecular complexity index is 2070. The summed E-state index contributed by atoms with van der Waals surface area (Å²) in [6.07, 6.45) is -31.5. The van der Waals surface area contributed by atoms with Crippen LogP contribution in [0.1, 0.15) is 0 Å². The molecule has 4 heterocycles. The van der Waals surface area contributed by atoms with Gasteiger partial charge in [0.2, 0.25) is 12.6 Å². The minimum Gasteiger partial charge on any atom is -0.507 e. The number of carbonyl (C=O) groups is 3. The van der Waals surface area contributed by atoms with Gasteiger partial charge >= 0.3 is 17.9 Å². The Kier molecular flexibility index (Phi) is 11.6. The number of aliphatic hydroxyl groups excluding tert-OH is 8. The van der Waals surface area contributed by atoms with E-state index in [1.54, 1.807) is 0 Å². The second-order valence-electron chi connectivity index (χ2n) is 13.0. The van der Waals surface area contributed by atoms with Crippen LogP contribution < -0.4 is 14.9 Å². The average Bonchev–Trinajstić information content (AvgIpc) is 3.14. The number of ether oxygens (including phenoxy) is 6. The van der Waals surface area contributed by atoms with Crippen LogP contribution in [0.3, 0.4) is 0 Å². The van der Waals surface area contributed by atoms with E-state index in [0.717, 1.165) is 30.3 Å². The molecule has 0 saturated carbocycles. The number of aromatic hydroxyl groups is 2. The summed E-state index contributed by atoms with van der Waals surface area (Å²) in [4.78, 5) is 48.0. The highest BCUT2D eigenvalue weighted by Crippen LogP contribution is 2.38. The molecule has 13 N–H and O–H groups in total. The molecule has 0 radical (unpaired) electrons. The van der Waals surface area contributed by atoms with Gasteiger partial charge in [0, 0.05) is 23.8 Å². The zero-order valence-corrected chi connectivity index (χ0v) is 28.4. The first-order valence-corrected chi connectivity index (χ1v) is 16.5. The van der Waals surface area contributed by atoms with Gasteiger partial charge in [-0.1, -0.05) is 0 Å². The molecule has 310 valence electrons. The van der Waals surface area contributed by atoms with Gasteiger partial charge in [0.15, 0.2) is 47.6 Å². The molecular weight excluding hydrogens is 780 g/mol. The van der Waals surface area contributed by atoms with E-state index in [4.69, 9.17) is 32.8 Å².